The third kappa shape index (κ3) is 5.44. The fourth-order valence-electron chi connectivity index (χ4n) is 3.39. The lowest BCUT2D eigenvalue weighted by Crippen LogP contribution is -2.34. The minimum Gasteiger partial charge on any atom is -0.461 e. The third-order valence-corrected chi connectivity index (χ3v) is 4.97. The van der Waals surface area contributed by atoms with E-state index in [1.165, 1.54) is 6.92 Å². The van der Waals surface area contributed by atoms with E-state index in [1.54, 1.807) is 13.0 Å². The van der Waals surface area contributed by atoms with Gasteiger partial charge in [-0.2, -0.15) is 0 Å². The van der Waals surface area contributed by atoms with Crippen LogP contribution in [0.2, 0.25) is 0 Å². The first-order valence-corrected chi connectivity index (χ1v) is 9.45. The van der Waals surface area contributed by atoms with Crippen LogP contribution in [0.1, 0.15) is 47.0 Å². The van der Waals surface area contributed by atoms with Crippen LogP contribution in [0, 0.1) is 5.92 Å². The van der Waals surface area contributed by atoms with Crippen LogP contribution in [0.5, 0.6) is 0 Å². The summed E-state index contributed by atoms with van der Waals surface area (Å²) in [5.74, 6) is -1.98. The maximum absolute atomic E-state index is 12.7. The van der Waals surface area contributed by atoms with Crippen molar-refractivity contribution in [3.63, 3.8) is 0 Å². The Kier molecular flexibility index (Phi) is 7.38. The van der Waals surface area contributed by atoms with Crippen molar-refractivity contribution in [2.45, 2.75) is 59.2 Å². The highest BCUT2D eigenvalue weighted by atomic mass is 16.6. The molecule has 0 saturated carbocycles. The fraction of sp³-hybridized carbons (Fsp3) is 0.500. The molecule has 1 saturated heterocycles. The average molecular weight is 388 g/mol. The van der Waals surface area contributed by atoms with Crippen molar-refractivity contribution in [3.8, 4) is 0 Å². The van der Waals surface area contributed by atoms with Gasteiger partial charge in [0.2, 0.25) is 0 Å². The van der Waals surface area contributed by atoms with Crippen molar-refractivity contribution >= 4 is 17.9 Å². The minimum atomic E-state index is -0.609. The molecule has 3 atom stereocenters. The van der Waals surface area contributed by atoms with Crippen LogP contribution in [0.15, 0.2) is 47.1 Å². The zero-order chi connectivity index (χ0) is 20.8. The second-order valence-electron chi connectivity index (χ2n) is 7.27. The molecule has 0 radical (unpaired) electrons. The van der Waals surface area contributed by atoms with Gasteiger partial charge in [-0.3, -0.25) is 4.79 Å². The van der Waals surface area contributed by atoms with Crippen molar-refractivity contribution in [3.05, 3.63) is 47.1 Å². The maximum Gasteiger partial charge on any atom is 0.337 e. The Morgan fingerprint density at radius 2 is 2.04 bits per heavy atom. The number of hydrogen-bond donors (Lipinski definition) is 0. The summed E-state index contributed by atoms with van der Waals surface area (Å²) in [5.41, 5.74) is 2.73. The van der Waals surface area contributed by atoms with E-state index in [1.807, 2.05) is 19.9 Å². The summed E-state index contributed by atoms with van der Waals surface area (Å²) in [6.45, 7) is 10.6. The quantitative estimate of drug-likeness (QED) is 0.317. The van der Waals surface area contributed by atoms with Crippen molar-refractivity contribution in [1.82, 2.24) is 0 Å². The minimum absolute atomic E-state index is 0.157. The molecule has 0 bridgehead atoms. The van der Waals surface area contributed by atoms with E-state index in [4.69, 9.17) is 14.2 Å². The summed E-state index contributed by atoms with van der Waals surface area (Å²) in [6.07, 6.45) is 6.70. The van der Waals surface area contributed by atoms with Crippen LogP contribution in [-0.4, -0.2) is 36.7 Å². The lowest BCUT2D eigenvalue weighted by Gasteiger charge is -2.27. The molecule has 1 heterocycles. The molecule has 152 valence electrons. The Bertz CT molecular complexity index is 755. The van der Waals surface area contributed by atoms with Gasteiger partial charge in [-0.25, -0.2) is 9.59 Å². The molecule has 0 N–H and O–H groups in total. The molecule has 1 aliphatic heterocycles. The number of carbonyl (C=O) groups excluding carboxylic acids is 3. The Balaban J connectivity index is 2.30. The van der Waals surface area contributed by atoms with Gasteiger partial charge in [0.05, 0.1) is 11.5 Å². The Hall–Kier alpha value is -2.63. The van der Waals surface area contributed by atoms with E-state index in [0.717, 1.165) is 24.0 Å². The van der Waals surface area contributed by atoms with E-state index in [9.17, 15) is 14.4 Å². The highest BCUT2D eigenvalue weighted by molar-refractivity contribution is 5.92. The van der Waals surface area contributed by atoms with Crippen LogP contribution in [0.4, 0.5) is 0 Å². The largest absolute Gasteiger partial charge is 0.461 e. The Labute approximate surface area is 165 Å². The molecule has 0 aromatic rings. The lowest BCUT2D eigenvalue weighted by atomic mass is 9.85. The molecule has 1 aliphatic carbocycles. The average Bonchev–Trinajstić information content (AvgIpc) is 2.88. The van der Waals surface area contributed by atoms with Gasteiger partial charge in [-0.15, -0.1) is 0 Å². The van der Waals surface area contributed by atoms with E-state index < -0.39 is 36.0 Å². The van der Waals surface area contributed by atoms with E-state index >= 15 is 0 Å². The first kappa shape index (κ1) is 21.7. The molecule has 2 rings (SSSR count). The van der Waals surface area contributed by atoms with Crippen molar-refractivity contribution in [2.24, 2.45) is 5.92 Å². The van der Waals surface area contributed by atoms with Crippen LogP contribution < -0.4 is 0 Å². The van der Waals surface area contributed by atoms with Crippen LogP contribution in [0.3, 0.4) is 0 Å². The standard InChI is InChI=1S/C22H28O6/c1-6-17(12-26-16(5)23)22(25)28-19-11-14(3)9-7-8-13(2)10-18-20(19)15(4)21(24)27-18/h6,9-10,18-20H,4,7-8,11-12H2,1-3,5H3/b13-10+,14-9+,17-6+. The molecule has 1 fully saturated rings. The summed E-state index contributed by atoms with van der Waals surface area (Å²) < 4.78 is 16.2. The van der Waals surface area contributed by atoms with E-state index in [0.29, 0.717) is 12.0 Å². The molecule has 2 aliphatic rings. The zero-order valence-corrected chi connectivity index (χ0v) is 16.9. The molecule has 0 aromatic heterocycles. The summed E-state index contributed by atoms with van der Waals surface area (Å²) in [5, 5.41) is 0. The van der Waals surface area contributed by atoms with E-state index in [-0.39, 0.29) is 12.2 Å². The summed E-state index contributed by atoms with van der Waals surface area (Å²) >= 11 is 0. The third-order valence-electron chi connectivity index (χ3n) is 4.97. The van der Waals surface area contributed by atoms with Crippen molar-refractivity contribution in [1.29, 1.82) is 0 Å². The van der Waals surface area contributed by atoms with E-state index in [2.05, 4.69) is 12.7 Å². The molecule has 0 spiro atoms. The van der Waals surface area contributed by atoms with Gasteiger partial charge in [-0.1, -0.05) is 29.9 Å². The predicted molar refractivity (Wildman–Crippen MR) is 104 cm³/mol. The van der Waals surface area contributed by atoms with Gasteiger partial charge in [0.1, 0.15) is 18.8 Å². The second-order valence-corrected chi connectivity index (χ2v) is 7.27. The van der Waals surface area contributed by atoms with Gasteiger partial charge in [0, 0.05) is 18.9 Å². The molecule has 6 nitrogen and oxygen atoms in total. The fourth-order valence-corrected chi connectivity index (χ4v) is 3.39. The number of carbonyl (C=O) groups is 3. The predicted octanol–water partition coefficient (Wildman–Crippen LogP) is 3.58. The topological polar surface area (TPSA) is 78.9 Å². The zero-order valence-electron chi connectivity index (χ0n) is 16.9. The van der Waals surface area contributed by atoms with Crippen molar-refractivity contribution < 1.29 is 28.6 Å². The number of rotatable bonds is 4. The highest BCUT2D eigenvalue weighted by Gasteiger charge is 2.44. The SMILES string of the molecule is C=C1C(=O)OC2/C=C(\C)CC/C=C(\C)CC(OC(=O)/C(=C/C)COC(C)=O)C12. The number of fused-ring (bicyclic) bond motifs is 1. The lowest BCUT2D eigenvalue weighted by molar-refractivity contribution is -0.148. The van der Waals surface area contributed by atoms with Crippen LogP contribution >= 0.6 is 0 Å². The smallest absolute Gasteiger partial charge is 0.337 e. The first-order valence-electron chi connectivity index (χ1n) is 9.45. The maximum atomic E-state index is 12.7. The number of allylic oxidation sites excluding steroid dienone is 3. The number of hydrogen-bond acceptors (Lipinski definition) is 6. The molecule has 0 aromatic carbocycles. The summed E-state index contributed by atoms with van der Waals surface area (Å²) in [4.78, 5) is 35.9. The number of ether oxygens (including phenoxy) is 3. The van der Waals surface area contributed by atoms with Gasteiger partial charge in [0.25, 0.3) is 0 Å². The molecule has 28 heavy (non-hydrogen) atoms. The van der Waals surface area contributed by atoms with Gasteiger partial charge in [0.15, 0.2) is 0 Å². The van der Waals surface area contributed by atoms with Crippen molar-refractivity contribution in [2.75, 3.05) is 6.61 Å². The normalized spacial score (nSPS) is 29.6. The molecule has 6 heteroatoms. The molecular weight excluding hydrogens is 360 g/mol. The van der Waals surface area contributed by atoms with Crippen LogP contribution in [-0.2, 0) is 28.6 Å². The highest BCUT2D eigenvalue weighted by Crippen LogP contribution is 2.36. The van der Waals surface area contributed by atoms with Gasteiger partial charge in [-0.05, 0) is 39.7 Å². The van der Waals surface area contributed by atoms with Gasteiger partial charge >= 0.3 is 17.9 Å². The summed E-state index contributed by atoms with van der Waals surface area (Å²) in [7, 11) is 0. The first-order chi connectivity index (χ1) is 13.2. The molecule has 0 amide bonds. The Morgan fingerprint density at radius 3 is 2.68 bits per heavy atom. The number of esters is 3. The Morgan fingerprint density at radius 1 is 1.32 bits per heavy atom. The second kappa shape index (κ2) is 9.53. The van der Waals surface area contributed by atoms with Crippen LogP contribution in [0.25, 0.3) is 0 Å². The molecular formula is C22H28O6. The molecule has 3 unspecified atom stereocenters. The summed E-state index contributed by atoms with van der Waals surface area (Å²) in [6, 6.07) is 0. The monoisotopic (exact) mass is 388 g/mol. The van der Waals surface area contributed by atoms with Gasteiger partial charge < -0.3 is 14.2 Å².